The van der Waals surface area contributed by atoms with Crippen LogP contribution in [0.1, 0.15) is 56.7 Å². The minimum Gasteiger partial charge on any atom is -0.393 e. The average molecular weight is 298 g/mol. The Bertz CT molecular complexity index is 647. The highest BCUT2D eigenvalue weighted by Crippen LogP contribution is 2.42. The van der Waals surface area contributed by atoms with Gasteiger partial charge in [-0.2, -0.15) is 0 Å². The number of benzene rings is 1. The van der Waals surface area contributed by atoms with Crippen molar-refractivity contribution in [2.45, 2.75) is 58.6 Å². The SMILES string of the molecule is CCCC(CC)C(O)CC1c2cc(C)ccc2-c2cncn21. The molecular weight excluding hydrogens is 272 g/mol. The van der Waals surface area contributed by atoms with Crippen molar-refractivity contribution in [3.05, 3.63) is 41.9 Å². The zero-order valence-electron chi connectivity index (χ0n) is 13.8. The highest BCUT2D eigenvalue weighted by molar-refractivity contribution is 5.69. The molecule has 118 valence electrons. The van der Waals surface area contributed by atoms with Crippen LogP contribution in [-0.2, 0) is 0 Å². The molecule has 0 bridgehead atoms. The standard InChI is InChI=1S/C19H26N2O/c1-4-6-14(5-2)19(22)10-17-16-9-13(3)7-8-15(16)18-11-20-12-21(17)18/h7-9,11-12,14,17,19,22H,4-6,10H2,1-3H3. The lowest BCUT2D eigenvalue weighted by molar-refractivity contribution is 0.0816. The van der Waals surface area contributed by atoms with Gasteiger partial charge in [0.1, 0.15) is 0 Å². The number of aryl methyl sites for hydroxylation is 1. The number of nitrogens with zero attached hydrogens (tertiary/aromatic N) is 2. The van der Waals surface area contributed by atoms with Crippen LogP contribution < -0.4 is 0 Å². The van der Waals surface area contributed by atoms with Crippen LogP contribution in [0.25, 0.3) is 11.3 Å². The predicted octanol–water partition coefficient (Wildman–Crippen LogP) is 4.34. The third-order valence-electron chi connectivity index (χ3n) is 5.04. The molecule has 1 aliphatic rings. The van der Waals surface area contributed by atoms with Gasteiger partial charge in [0, 0.05) is 5.56 Å². The second-order valence-electron chi connectivity index (χ2n) is 6.55. The summed E-state index contributed by atoms with van der Waals surface area (Å²) in [6, 6.07) is 6.82. The Morgan fingerprint density at radius 2 is 2.14 bits per heavy atom. The molecule has 3 rings (SSSR count). The Labute approximate surface area is 133 Å². The molecule has 1 aromatic heterocycles. The number of imidazole rings is 1. The fourth-order valence-corrected chi connectivity index (χ4v) is 3.80. The molecule has 2 aromatic rings. The molecule has 1 aliphatic heterocycles. The average Bonchev–Trinajstić information content (AvgIpc) is 3.07. The monoisotopic (exact) mass is 298 g/mol. The Morgan fingerprint density at radius 1 is 1.32 bits per heavy atom. The van der Waals surface area contributed by atoms with Gasteiger partial charge in [0.15, 0.2) is 0 Å². The molecular formula is C19H26N2O. The van der Waals surface area contributed by atoms with E-state index in [1.165, 1.54) is 22.4 Å². The fraction of sp³-hybridized carbons (Fsp3) is 0.526. The van der Waals surface area contributed by atoms with E-state index in [-0.39, 0.29) is 12.1 Å². The largest absolute Gasteiger partial charge is 0.393 e. The number of hydrogen-bond donors (Lipinski definition) is 1. The summed E-state index contributed by atoms with van der Waals surface area (Å²) < 4.78 is 2.23. The molecule has 2 heterocycles. The first kappa shape index (κ1) is 15.3. The number of aliphatic hydroxyl groups excluding tert-OH is 1. The van der Waals surface area contributed by atoms with Gasteiger partial charge in [-0.1, -0.05) is 50.5 Å². The predicted molar refractivity (Wildman–Crippen MR) is 89.9 cm³/mol. The van der Waals surface area contributed by atoms with E-state index < -0.39 is 0 Å². The number of fused-ring (bicyclic) bond motifs is 3. The number of rotatable bonds is 6. The minimum absolute atomic E-state index is 0.216. The molecule has 1 aromatic carbocycles. The second kappa shape index (κ2) is 6.25. The summed E-state index contributed by atoms with van der Waals surface area (Å²) in [7, 11) is 0. The van der Waals surface area contributed by atoms with Crippen molar-refractivity contribution in [1.82, 2.24) is 9.55 Å². The third-order valence-corrected chi connectivity index (χ3v) is 5.04. The van der Waals surface area contributed by atoms with E-state index in [2.05, 4.69) is 48.5 Å². The topological polar surface area (TPSA) is 38.1 Å². The lowest BCUT2D eigenvalue weighted by Crippen LogP contribution is -2.24. The van der Waals surface area contributed by atoms with Gasteiger partial charge in [0.05, 0.1) is 30.4 Å². The molecule has 0 amide bonds. The van der Waals surface area contributed by atoms with Gasteiger partial charge in [-0.15, -0.1) is 0 Å². The summed E-state index contributed by atoms with van der Waals surface area (Å²) in [5.74, 6) is 0.394. The maximum atomic E-state index is 10.7. The quantitative estimate of drug-likeness (QED) is 0.861. The van der Waals surface area contributed by atoms with Crippen LogP contribution in [-0.4, -0.2) is 20.8 Å². The van der Waals surface area contributed by atoms with E-state index in [0.717, 1.165) is 25.7 Å². The van der Waals surface area contributed by atoms with Gasteiger partial charge in [0.25, 0.3) is 0 Å². The first-order chi connectivity index (χ1) is 10.7. The fourth-order valence-electron chi connectivity index (χ4n) is 3.80. The number of hydrogen-bond acceptors (Lipinski definition) is 2. The zero-order chi connectivity index (χ0) is 15.7. The molecule has 0 saturated carbocycles. The summed E-state index contributed by atoms with van der Waals surface area (Å²) in [6.07, 6.45) is 7.63. The molecule has 0 aliphatic carbocycles. The van der Waals surface area contributed by atoms with Crippen LogP contribution in [0.15, 0.2) is 30.7 Å². The first-order valence-corrected chi connectivity index (χ1v) is 8.46. The van der Waals surface area contributed by atoms with Crippen LogP contribution in [0.4, 0.5) is 0 Å². The minimum atomic E-state index is -0.253. The molecule has 0 saturated heterocycles. The Hall–Kier alpha value is -1.61. The summed E-state index contributed by atoms with van der Waals surface area (Å²) in [4.78, 5) is 4.31. The smallest absolute Gasteiger partial charge is 0.0956 e. The first-order valence-electron chi connectivity index (χ1n) is 8.46. The highest BCUT2D eigenvalue weighted by atomic mass is 16.3. The third kappa shape index (κ3) is 2.58. The number of aromatic nitrogens is 2. The van der Waals surface area contributed by atoms with Crippen LogP contribution in [0, 0.1) is 12.8 Å². The van der Waals surface area contributed by atoms with Gasteiger partial charge in [-0.25, -0.2) is 4.98 Å². The van der Waals surface area contributed by atoms with E-state index in [1.807, 2.05) is 12.5 Å². The maximum absolute atomic E-state index is 10.7. The van der Waals surface area contributed by atoms with Gasteiger partial charge in [-0.05, 0) is 31.2 Å². The summed E-state index contributed by atoms with van der Waals surface area (Å²) in [5, 5.41) is 10.7. The van der Waals surface area contributed by atoms with Crippen molar-refractivity contribution in [2.75, 3.05) is 0 Å². The number of aliphatic hydroxyl groups is 1. The molecule has 3 atom stereocenters. The summed E-state index contributed by atoms with van der Waals surface area (Å²) in [5.41, 5.74) is 5.06. The maximum Gasteiger partial charge on any atom is 0.0956 e. The van der Waals surface area contributed by atoms with Crippen molar-refractivity contribution in [3.63, 3.8) is 0 Å². The lowest BCUT2D eigenvalue weighted by atomic mass is 9.88. The molecule has 3 nitrogen and oxygen atoms in total. The van der Waals surface area contributed by atoms with E-state index in [1.54, 1.807) is 0 Å². The summed E-state index contributed by atoms with van der Waals surface area (Å²) in [6.45, 7) is 6.50. The van der Waals surface area contributed by atoms with Crippen LogP contribution in [0.2, 0.25) is 0 Å². The molecule has 3 unspecified atom stereocenters. The summed E-state index contributed by atoms with van der Waals surface area (Å²) >= 11 is 0. The lowest BCUT2D eigenvalue weighted by Gasteiger charge is -2.25. The van der Waals surface area contributed by atoms with Gasteiger partial charge >= 0.3 is 0 Å². The van der Waals surface area contributed by atoms with Crippen molar-refractivity contribution in [1.29, 1.82) is 0 Å². The van der Waals surface area contributed by atoms with E-state index in [4.69, 9.17) is 0 Å². The van der Waals surface area contributed by atoms with Crippen molar-refractivity contribution in [2.24, 2.45) is 5.92 Å². The van der Waals surface area contributed by atoms with Gasteiger partial charge in [-0.3, -0.25) is 0 Å². The van der Waals surface area contributed by atoms with E-state index >= 15 is 0 Å². The van der Waals surface area contributed by atoms with Crippen molar-refractivity contribution >= 4 is 0 Å². The highest BCUT2D eigenvalue weighted by Gasteiger charge is 2.31. The van der Waals surface area contributed by atoms with Crippen molar-refractivity contribution in [3.8, 4) is 11.3 Å². The molecule has 0 radical (unpaired) electrons. The Kier molecular flexibility index (Phi) is 4.34. The molecule has 0 fully saturated rings. The van der Waals surface area contributed by atoms with Crippen LogP contribution >= 0.6 is 0 Å². The van der Waals surface area contributed by atoms with Crippen LogP contribution in [0.5, 0.6) is 0 Å². The Balaban J connectivity index is 1.90. The van der Waals surface area contributed by atoms with Gasteiger partial charge in [0.2, 0.25) is 0 Å². The molecule has 1 N–H and O–H groups in total. The molecule has 3 heteroatoms. The van der Waals surface area contributed by atoms with Gasteiger partial charge < -0.3 is 9.67 Å². The zero-order valence-corrected chi connectivity index (χ0v) is 13.8. The molecule has 22 heavy (non-hydrogen) atoms. The van der Waals surface area contributed by atoms with E-state index in [0.29, 0.717) is 5.92 Å². The second-order valence-corrected chi connectivity index (χ2v) is 6.55. The Morgan fingerprint density at radius 3 is 2.86 bits per heavy atom. The van der Waals surface area contributed by atoms with E-state index in [9.17, 15) is 5.11 Å². The van der Waals surface area contributed by atoms with Crippen LogP contribution in [0.3, 0.4) is 0 Å². The van der Waals surface area contributed by atoms with Crippen molar-refractivity contribution < 1.29 is 5.11 Å². The normalized spacial score (nSPS) is 18.8. The molecule has 0 spiro atoms.